The topological polar surface area (TPSA) is 56.7 Å². The molecule has 0 aliphatic heterocycles. The summed E-state index contributed by atoms with van der Waals surface area (Å²) in [6, 6.07) is 8.52. The zero-order valence-corrected chi connectivity index (χ0v) is 8.95. The number of nitrogens with zero attached hydrogens (tertiary/aromatic N) is 3. The highest BCUT2D eigenvalue weighted by molar-refractivity contribution is 5.42. The van der Waals surface area contributed by atoms with E-state index < -0.39 is 0 Å². The van der Waals surface area contributed by atoms with Gasteiger partial charge in [-0.15, -0.1) is 0 Å². The maximum Gasteiger partial charge on any atom is 0.0785 e. The predicted molar refractivity (Wildman–Crippen MR) is 61.9 cm³/mol. The van der Waals surface area contributed by atoms with Crippen LogP contribution in [-0.2, 0) is 0 Å². The Morgan fingerprint density at radius 2 is 2.00 bits per heavy atom. The number of aromatic nitrogens is 3. The average molecular weight is 214 g/mol. The molecule has 0 spiro atoms. The molecule has 1 aliphatic carbocycles. The van der Waals surface area contributed by atoms with Gasteiger partial charge in [0.2, 0.25) is 0 Å². The SMILES string of the molecule is Nc1cccc(C2CCC2n2nccn2)c1. The first-order valence-corrected chi connectivity index (χ1v) is 5.56. The van der Waals surface area contributed by atoms with Crippen LogP contribution in [0.3, 0.4) is 0 Å². The van der Waals surface area contributed by atoms with E-state index in [1.54, 1.807) is 12.4 Å². The second-order valence-corrected chi connectivity index (χ2v) is 4.27. The van der Waals surface area contributed by atoms with Gasteiger partial charge in [-0.25, -0.2) is 0 Å². The summed E-state index contributed by atoms with van der Waals surface area (Å²) >= 11 is 0. The molecule has 0 bridgehead atoms. The molecule has 1 aromatic carbocycles. The van der Waals surface area contributed by atoms with Crippen LogP contribution in [0.5, 0.6) is 0 Å². The quantitative estimate of drug-likeness (QED) is 0.778. The molecule has 0 radical (unpaired) electrons. The number of hydrogen-bond donors (Lipinski definition) is 1. The van der Waals surface area contributed by atoms with Gasteiger partial charge in [-0.3, -0.25) is 0 Å². The Balaban J connectivity index is 1.86. The molecule has 3 rings (SSSR count). The van der Waals surface area contributed by atoms with E-state index in [1.165, 1.54) is 12.0 Å². The van der Waals surface area contributed by atoms with Crippen LogP contribution < -0.4 is 5.73 Å². The number of anilines is 1. The van der Waals surface area contributed by atoms with E-state index >= 15 is 0 Å². The molecular formula is C12H14N4. The van der Waals surface area contributed by atoms with Crippen LogP contribution in [0.25, 0.3) is 0 Å². The summed E-state index contributed by atoms with van der Waals surface area (Å²) in [6.45, 7) is 0. The van der Waals surface area contributed by atoms with Crippen molar-refractivity contribution in [3.8, 4) is 0 Å². The standard InChI is InChI=1S/C12H14N4/c13-10-3-1-2-9(8-10)11-4-5-12(11)16-14-6-7-15-16/h1-3,6-8,11-12H,4-5,13H2. The molecule has 4 heteroatoms. The third kappa shape index (κ3) is 1.46. The summed E-state index contributed by atoms with van der Waals surface area (Å²) in [5, 5.41) is 8.42. The largest absolute Gasteiger partial charge is 0.399 e. The maximum atomic E-state index is 5.80. The smallest absolute Gasteiger partial charge is 0.0785 e. The summed E-state index contributed by atoms with van der Waals surface area (Å²) < 4.78 is 0. The van der Waals surface area contributed by atoms with E-state index in [4.69, 9.17) is 5.73 Å². The van der Waals surface area contributed by atoms with Crippen molar-refractivity contribution < 1.29 is 0 Å². The number of nitrogens with two attached hydrogens (primary N) is 1. The van der Waals surface area contributed by atoms with Gasteiger partial charge < -0.3 is 5.73 Å². The first kappa shape index (κ1) is 9.39. The Labute approximate surface area is 94.1 Å². The summed E-state index contributed by atoms with van der Waals surface area (Å²) in [6.07, 6.45) is 5.80. The van der Waals surface area contributed by atoms with Crippen LogP contribution in [0.15, 0.2) is 36.7 Å². The normalized spacial score (nSPS) is 24.0. The third-order valence-electron chi connectivity index (χ3n) is 3.31. The second kappa shape index (κ2) is 3.63. The molecule has 0 saturated heterocycles. The monoisotopic (exact) mass is 214 g/mol. The van der Waals surface area contributed by atoms with Crippen molar-refractivity contribution in [3.63, 3.8) is 0 Å². The molecule has 1 aliphatic rings. The van der Waals surface area contributed by atoms with Gasteiger partial charge in [-0.2, -0.15) is 15.0 Å². The molecule has 2 aromatic rings. The highest BCUT2D eigenvalue weighted by Gasteiger charge is 2.34. The van der Waals surface area contributed by atoms with Crippen molar-refractivity contribution in [2.24, 2.45) is 0 Å². The number of benzene rings is 1. The summed E-state index contributed by atoms with van der Waals surface area (Å²) in [7, 11) is 0. The molecule has 4 nitrogen and oxygen atoms in total. The van der Waals surface area contributed by atoms with Crippen molar-refractivity contribution in [3.05, 3.63) is 42.2 Å². The highest BCUT2D eigenvalue weighted by atomic mass is 15.5. The predicted octanol–water partition coefficient (Wildman–Crippen LogP) is 1.98. The third-order valence-corrected chi connectivity index (χ3v) is 3.31. The zero-order chi connectivity index (χ0) is 11.0. The van der Waals surface area contributed by atoms with Crippen LogP contribution in [0.2, 0.25) is 0 Å². The van der Waals surface area contributed by atoms with Gasteiger partial charge in [0.05, 0.1) is 18.4 Å². The Bertz CT molecular complexity index is 478. The molecular weight excluding hydrogens is 200 g/mol. The number of nitrogen functional groups attached to an aromatic ring is 1. The fourth-order valence-electron chi connectivity index (χ4n) is 2.33. The van der Waals surface area contributed by atoms with Gasteiger partial charge in [0.1, 0.15) is 0 Å². The van der Waals surface area contributed by atoms with Crippen molar-refractivity contribution in [1.29, 1.82) is 0 Å². The lowest BCUT2D eigenvalue weighted by Gasteiger charge is -2.36. The summed E-state index contributed by atoms with van der Waals surface area (Å²) in [5.41, 5.74) is 7.93. The Hall–Kier alpha value is -1.84. The Morgan fingerprint density at radius 3 is 2.62 bits per heavy atom. The number of rotatable bonds is 2. The van der Waals surface area contributed by atoms with Gasteiger partial charge in [-0.1, -0.05) is 12.1 Å². The van der Waals surface area contributed by atoms with E-state index in [0.29, 0.717) is 12.0 Å². The van der Waals surface area contributed by atoms with Crippen molar-refractivity contribution in [1.82, 2.24) is 15.0 Å². The molecule has 2 unspecified atom stereocenters. The lowest BCUT2D eigenvalue weighted by molar-refractivity contribution is 0.214. The summed E-state index contributed by atoms with van der Waals surface area (Å²) in [5.74, 6) is 0.510. The molecule has 2 atom stereocenters. The maximum absolute atomic E-state index is 5.80. The first-order valence-electron chi connectivity index (χ1n) is 5.56. The molecule has 82 valence electrons. The minimum atomic E-state index is 0.400. The van der Waals surface area contributed by atoms with Gasteiger partial charge in [0.25, 0.3) is 0 Å². The number of hydrogen-bond acceptors (Lipinski definition) is 3. The van der Waals surface area contributed by atoms with Gasteiger partial charge in [-0.05, 0) is 30.5 Å². The summed E-state index contributed by atoms with van der Waals surface area (Å²) in [4.78, 5) is 1.82. The van der Waals surface area contributed by atoms with Crippen LogP contribution >= 0.6 is 0 Å². The molecule has 1 heterocycles. The molecule has 16 heavy (non-hydrogen) atoms. The van der Waals surface area contributed by atoms with Gasteiger partial charge in [0, 0.05) is 11.6 Å². The van der Waals surface area contributed by atoms with Crippen LogP contribution in [0.4, 0.5) is 5.69 Å². The van der Waals surface area contributed by atoms with Gasteiger partial charge >= 0.3 is 0 Å². The first-order chi connectivity index (χ1) is 7.84. The fraction of sp³-hybridized carbons (Fsp3) is 0.333. The van der Waals surface area contributed by atoms with Gasteiger partial charge in [0.15, 0.2) is 0 Å². The van der Waals surface area contributed by atoms with E-state index in [2.05, 4.69) is 22.3 Å². The van der Waals surface area contributed by atoms with Crippen LogP contribution in [-0.4, -0.2) is 15.0 Å². The van der Waals surface area contributed by atoms with E-state index in [1.807, 2.05) is 16.9 Å². The molecule has 1 fully saturated rings. The fourth-order valence-corrected chi connectivity index (χ4v) is 2.33. The molecule has 1 saturated carbocycles. The van der Waals surface area contributed by atoms with Crippen molar-refractivity contribution >= 4 is 5.69 Å². The van der Waals surface area contributed by atoms with Crippen LogP contribution in [0, 0.1) is 0 Å². The second-order valence-electron chi connectivity index (χ2n) is 4.27. The lowest BCUT2D eigenvalue weighted by Crippen LogP contribution is -2.28. The van der Waals surface area contributed by atoms with Crippen molar-refractivity contribution in [2.45, 2.75) is 24.8 Å². The minimum Gasteiger partial charge on any atom is -0.399 e. The Morgan fingerprint density at radius 1 is 1.19 bits per heavy atom. The molecule has 0 amide bonds. The van der Waals surface area contributed by atoms with E-state index in [9.17, 15) is 0 Å². The van der Waals surface area contributed by atoms with E-state index in [-0.39, 0.29) is 0 Å². The Kier molecular flexibility index (Phi) is 2.13. The lowest BCUT2D eigenvalue weighted by atomic mass is 9.75. The zero-order valence-electron chi connectivity index (χ0n) is 8.95. The highest BCUT2D eigenvalue weighted by Crippen LogP contribution is 2.45. The minimum absolute atomic E-state index is 0.400. The van der Waals surface area contributed by atoms with Crippen LogP contribution in [0.1, 0.15) is 30.4 Å². The molecule has 2 N–H and O–H groups in total. The van der Waals surface area contributed by atoms with Crippen molar-refractivity contribution in [2.75, 3.05) is 5.73 Å². The average Bonchev–Trinajstić information content (AvgIpc) is 2.69. The molecule has 1 aromatic heterocycles. The van der Waals surface area contributed by atoms with E-state index in [0.717, 1.165) is 12.1 Å².